The molecule has 0 N–H and O–H groups in total. The van der Waals surface area contributed by atoms with E-state index in [1.165, 1.54) is 0 Å². The first-order valence-corrected chi connectivity index (χ1v) is 4.07. The fourth-order valence-electron chi connectivity index (χ4n) is 1.54. The number of hydrogen-bond donors (Lipinski definition) is 0. The first-order chi connectivity index (χ1) is 6.24. The van der Waals surface area contributed by atoms with Crippen molar-refractivity contribution in [1.82, 2.24) is 9.38 Å². The molecule has 0 aromatic carbocycles. The van der Waals surface area contributed by atoms with Gasteiger partial charge in [0, 0.05) is 18.1 Å². The van der Waals surface area contributed by atoms with Gasteiger partial charge in [0.05, 0.1) is 5.56 Å². The minimum Gasteiger partial charge on any atom is -0.303 e. The second-order valence-corrected chi connectivity index (χ2v) is 3.08. The highest BCUT2D eigenvalue weighted by Crippen LogP contribution is 2.15. The van der Waals surface area contributed by atoms with Crippen LogP contribution in [-0.2, 0) is 0 Å². The number of hydrogen-bond acceptors (Lipinski definition) is 2. The van der Waals surface area contributed by atoms with Crippen molar-refractivity contribution in [2.24, 2.45) is 0 Å². The van der Waals surface area contributed by atoms with E-state index >= 15 is 0 Å². The molecule has 0 amide bonds. The van der Waals surface area contributed by atoms with Crippen LogP contribution in [-0.4, -0.2) is 9.38 Å². The van der Waals surface area contributed by atoms with Gasteiger partial charge in [0.1, 0.15) is 6.07 Å². The third-order valence-electron chi connectivity index (χ3n) is 2.18. The molecule has 0 saturated carbocycles. The van der Waals surface area contributed by atoms with Gasteiger partial charge in [-0.2, -0.15) is 5.26 Å². The summed E-state index contributed by atoms with van der Waals surface area (Å²) in [6.07, 6.45) is 3.58. The van der Waals surface area contributed by atoms with Crippen molar-refractivity contribution < 1.29 is 0 Å². The average Bonchev–Trinajstić information content (AvgIpc) is 2.53. The summed E-state index contributed by atoms with van der Waals surface area (Å²) in [7, 11) is 0. The molecule has 3 nitrogen and oxygen atoms in total. The van der Waals surface area contributed by atoms with Gasteiger partial charge in [-0.1, -0.05) is 0 Å². The van der Waals surface area contributed by atoms with Gasteiger partial charge in [0.25, 0.3) is 0 Å². The van der Waals surface area contributed by atoms with Gasteiger partial charge < -0.3 is 4.40 Å². The summed E-state index contributed by atoms with van der Waals surface area (Å²) < 4.78 is 1.92. The van der Waals surface area contributed by atoms with Gasteiger partial charge >= 0.3 is 0 Å². The Bertz CT molecular complexity index is 503. The molecule has 64 valence electrons. The first-order valence-electron chi connectivity index (χ1n) is 4.07. The van der Waals surface area contributed by atoms with Crippen LogP contribution in [0.25, 0.3) is 5.65 Å². The second kappa shape index (κ2) is 2.60. The maximum atomic E-state index is 8.92. The quantitative estimate of drug-likeness (QED) is 0.606. The largest absolute Gasteiger partial charge is 0.303 e. The lowest BCUT2D eigenvalue weighted by atomic mass is 10.1. The summed E-state index contributed by atoms with van der Waals surface area (Å²) >= 11 is 0. The van der Waals surface area contributed by atoms with E-state index in [1.807, 2.05) is 30.5 Å². The number of nitrogens with zero attached hydrogens (tertiary/aromatic N) is 3. The lowest BCUT2D eigenvalue weighted by molar-refractivity contribution is 1.07. The Morgan fingerprint density at radius 1 is 1.46 bits per heavy atom. The first kappa shape index (κ1) is 7.81. The van der Waals surface area contributed by atoms with Crippen molar-refractivity contribution in [1.29, 1.82) is 5.26 Å². The highest BCUT2D eigenvalue weighted by atomic mass is 15.0. The SMILES string of the molecule is Cc1cc(C)n2ccnc2c1C#N. The third kappa shape index (κ3) is 0.994. The summed E-state index contributed by atoms with van der Waals surface area (Å²) in [5.74, 6) is 0. The number of aromatic nitrogens is 2. The van der Waals surface area contributed by atoms with Crippen molar-refractivity contribution in [3.63, 3.8) is 0 Å². The van der Waals surface area contributed by atoms with Gasteiger partial charge in [-0.25, -0.2) is 4.98 Å². The topological polar surface area (TPSA) is 41.1 Å². The number of aryl methyl sites for hydroxylation is 2. The molecule has 0 bridgehead atoms. The van der Waals surface area contributed by atoms with Crippen LogP contribution in [0.5, 0.6) is 0 Å². The number of pyridine rings is 1. The van der Waals surface area contributed by atoms with Crippen molar-refractivity contribution >= 4 is 5.65 Å². The number of imidazole rings is 1. The van der Waals surface area contributed by atoms with Crippen LogP contribution in [0.1, 0.15) is 16.8 Å². The van der Waals surface area contributed by atoms with Crippen LogP contribution in [0.3, 0.4) is 0 Å². The van der Waals surface area contributed by atoms with Gasteiger partial charge in [-0.3, -0.25) is 0 Å². The van der Waals surface area contributed by atoms with Gasteiger partial charge in [0.15, 0.2) is 5.65 Å². The maximum absolute atomic E-state index is 8.92. The molecule has 0 aliphatic heterocycles. The summed E-state index contributed by atoms with van der Waals surface area (Å²) in [4.78, 5) is 4.15. The maximum Gasteiger partial charge on any atom is 0.155 e. The average molecular weight is 171 g/mol. The molecule has 2 aromatic heterocycles. The molecule has 0 atom stereocenters. The van der Waals surface area contributed by atoms with Crippen LogP contribution in [0.4, 0.5) is 0 Å². The molecule has 0 unspecified atom stereocenters. The van der Waals surface area contributed by atoms with Crippen molar-refractivity contribution in [2.75, 3.05) is 0 Å². The Kier molecular flexibility index (Phi) is 1.56. The molecule has 2 rings (SSSR count). The van der Waals surface area contributed by atoms with Crippen LogP contribution in [0, 0.1) is 25.2 Å². The van der Waals surface area contributed by atoms with E-state index in [0.29, 0.717) is 5.56 Å². The van der Waals surface area contributed by atoms with Crippen molar-refractivity contribution in [3.8, 4) is 6.07 Å². The molecule has 3 heteroatoms. The van der Waals surface area contributed by atoms with E-state index in [0.717, 1.165) is 16.9 Å². The van der Waals surface area contributed by atoms with E-state index in [4.69, 9.17) is 5.26 Å². The number of rotatable bonds is 0. The molecule has 0 aliphatic carbocycles. The zero-order valence-corrected chi connectivity index (χ0v) is 7.57. The third-order valence-corrected chi connectivity index (χ3v) is 2.18. The van der Waals surface area contributed by atoms with Crippen molar-refractivity contribution in [2.45, 2.75) is 13.8 Å². The molecule has 0 saturated heterocycles. The smallest absolute Gasteiger partial charge is 0.155 e. The predicted octanol–water partition coefficient (Wildman–Crippen LogP) is 1.82. The predicted molar refractivity (Wildman–Crippen MR) is 49.4 cm³/mol. The summed E-state index contributed by atoms with van der Waals surface area (Å²) in [6.45, 7) is 3.93. The Balaban J connectivity index is 2.99. The molecule has 0 radical (unpaired) electrons. The fourth-order valence-corrected chi connectivity index (χ4v) is 1.54. The molecule has 0 fully saturated rings. The fraction of sp³-hybridized carbons (Fsp3) is 0.200. The minimum atomic E-state index is 0.663. The Morgan fingerprint density at radius 2 is 2.23 bits per heavy atom. The highest BCUT2D eigenvalue weighted by Gasteiger charge is 2.06. The minimum absolute atomic E-state index is 0.663. The Labute approximate surface area is 76.3 Å². The van der Waals surface area contributed by atoms with Crippen LogP contribution in [0.2, 0.25) is 0 Å². The summed E-state index contributed by atoms with van der Waals surface area (Å²) in [6, 6.07) is 4.16. The van der Waals surface area contributed by atoms with E-state index in [-0.39, 0.29) is 0 Å². The molecule has 0 aliphatic rings. The molecular formula is C10H9N3. The monoisotopic (exact) mass is 171 g/mol. The Morgan fingerprint density at radius 3 is 2.92 bits per heavy atom. The van der Waals surface area contributed by atoms with E-state index in [1.54, 1.807) is 6.20 Å². The lowest BCUT2D eigenvalue weighted by Crippen LogP contribution is -1.95. The molecule has 2 heterocycles. The molecule has 2 aromatic rings. The summed E-state index contributed by atoms with van der Waals surface area (Å²) in [5, 5.41) is 8.92. The van der Waals surface area contributed by atoms with Gasteiger partial charge in [0.2, 0.25) is 0 Å². The normalized spacial score (nSPS) is 10.2. The van der Waals surface area contributed by atoms with E-state index in [9.17, 15) is 0 Å². The standard InChI is InChI=1S/C10H9N3/c1-7-5-8(2)13-4-3-12-10(13)9(7)6-11/h3-5H,1-2H3. The van der Waals surface area contributed by atoms with Crippen LogP contribution < -0.4 is 0 Å². The van der Waals surface area contributed by atoms with Crippen LogP contribution in [0.15, 0.2) is 18.5 Å². The van der Waals surface area contributed by atoms with Gasteiger partial charge in [-0.15, -0.1) is 0 Å². The van der Waals surface area contributed by atoms with E-state index in [2.05, 4.69) is 11.1 Å². The highest BCUT2D eigenvalue weighted by molar-refractivity contribution is 5.59. The van der Waals surface area contributed by atoms with Crippen LogP contribution >= 0.6 is 0 Å². The second-order valence-electron chi connectivity index (χ2n) is 3.08. The number of fused-ring (bicyclic) bond motifs is 1. The zero-order chi connectivity index (χ0) is 9.42. The Hall–Kier alpha value is -1.82. The molecule has 0 spiro atoms. The molecular weight excluding hydrogens is 162 g/mol. The zero-order valence-electron chi connectivity index (χ0n) is 7.57. The summed E-state index contributed by atoms with van der Waals surface area (Å²) in [5.41, 5.74) is 3.50. The van der Waals surface area contributed by atoms with Gasteiger partial charge in [-0.05, 0) is 25.5 Å². The lowest BCUT2D eigenvalue weighted by Gasteiger charge is -2.03. The number of nitriles is 1. The molecule has 13 heavy (non-hydrogen) atoms. The van der Waals surface area contributed by atoms with Crippen molar-refractivity contribution in [3.05, 3.63) is 35.3 Å². The van der Waals surface area contributed by atoms with E-state index < -0.39 is 0 Å².